The molecule has 0 atom stereocenters. The Morgan fingerprint density at radius 1 is 0.525 bits per heavy atom. The number of rotatable bonds is 6. The van der Waals surface area contributed by atoms with Gasteiger partial charge in [0.25, 0.3) is 0 Å². The van der Waals surface area contributed by atoms with E-state index in [-0.39, 0.29) is 0 Å². The molecule has 0 aliphatic carbocycles. The minimum absolute atomic E-state index is 0.624. The molecule has 0 amide bonds. The van der Waals surface area contributed by atoms with Crippen molar-refractivity contribution in [3.05, 3.63) is 158 Å². The fourth-order valence-electron chi connectivity index (χ4n) is 5.05. The van der Waals surface area contributed by atoms with E-state index in [1.54, 1.807) is 0 Å². The smallest absolute Gasteiger partial charge is 0.0966 e. The van der Waals surface area contributed by atoms with Gasteiger partial charge in [-0.15, -0.1) is 0 Å². The van der Waals surface area contributed by atoms with Crippen LogP contribution in [0.5, 0.6) is 0 Å². The van der Waals surface area contributed by atoms with Gasteiger partial charge in [0.1, 0.15) is 0 Å². The summed E-state index contributed by atoms with van der Waals surface area (Å²) in [4.78, 5) is 15.5. The summed E-state index contributed by atoms with van der Waals surface area (Å²) in [6.45, 7) is 10.4. The Labute approximate surface area is 242 Å². The van der Waals surface area contributed by atoms with Gasteiger partial charge in [-0.1, -0.05) is 102 Å². The topological polar surface area (TPSA) is 37.6 Å². The van der Waals surface area contributed by atoms with Gasteiger partial charge < -0.3 is 0 Å². The Balaban J connectivity index is 1.72. The molecule has 0 saturated carbocycles. The molecule has 40 heavy (non-hydrogen) atoms. The van der Waals surface area contributed by atoms with E-state index in [1.165, 1.54) is 5.56 Å². The molecular formula is C36H32ClN3. The molecule has 0 bridgehead atoms. The van der Waals surface area contributed by atoms with E-state index >= 15 is 0 Å². The lowest BCUT2D eigenvalue weighted by Gasteiger charge is -2.14. The van der Waals surface area contributed by atoms with Crippen LogP contribution in [-0.2, 0) is 0 Å². The predicted octanol–water partition coefficient (Wildman–Crippen LogP) is 9.62. The maximum absolute atomic E-state index is 6.70. The first-order chi connectivity index (χ1) is 19.3. The highest BCUT2D eigenvalue weighted by molar-refractivity contribution is 6.33. The Morgan fingerprint density at radius 3 is 1.43 bits per heavy atom. The standard InChI is InChI=1S/C36H32ClN3/c1-23-19-25(3)33(26(4)20-23)39-35(28-13-8-6-9-14-28)31-17-12-18-32(38-31)36(29-15-10-7-11-16-29)40-34-27(5)21-24(2)22-30(34)37/h6-22H,1-5H3. The number of aliphatic imine (C=N–C) groups is 2. The largest absolute Gasteiger partial charge is 0.246 e. The van der Waals surface area contributed by atoms with Crippen LogP contribution in [0.2, 0.25) is 5.02 Å². The molecule has 0 radical (unpaired) electrons. The predicted molar refractivity (Wildman–Crippen MR) is 169 cm³/mol. The van der Waals surface area contributed by atoms with Crippen LogP contribution in [0.25, 0.3) is 0 Å². The summed E-state index contributed by atoms with van der Waals surface area (Å²) in [5, 5.41) is 0.624. The molecule has 0 unspecified atom stereocenters. The molecular weight excluding hydrogens is 510 g/mol. The molecule has 0 N–H and O–H groups in total. The van der Waals surface area contributed by atoms with Crippen molar-refractivity contribution < 1.29 is 0 Å². The van der Waals surface area contributed by atoms with Crippen molar-refractivity contribution in [1.29, 1.82) is 0 Å². The van der Waals surface area contributed by atoms with Crippen LogP contribution in [0.3, 0.4) is 0 Å². The number of halogens is 1. The zero-order valence-corrected chi connectivity index (χ0v) is 24.3. The van der Waals surface area contributed by atoms with E-state index in [0.717, 1.165) is 67.6 Å². The van der Waals surface area contributed by atoms with E-state index in [2.05, 4.69) is 63.2 Å². The summed E-state index contributed by atoms with van der Waals surface area (Å²) >= 11 is 6.70. The number of pyridine rings is 1. The summed E-state index contributed by atoms with van der Waals surface area (Å²) in [6, 6.07) is 34.8. The van der Waals surface area contributed by atoms with E-state index in [0.29, 0.717) is 5.02 Å². The number of hydrogen-bond donors (Lipinski definition) is 0. The second-order valence-corrected chi connectivity index (χ2v) is 10.6. The summed E-state index contributed by atoms with van der Waals surface area (Å²) in [6.07, 6.45) is 0. The number of aromatic nitrogens is 1. The van der Waals surface area contributed by atoms with Crippen molar-refractivity contribution >= 4 is 34.4 Å². The van der Waals surface area contributed by atoms with Crippen molar-refractivity contribution in [2.75, 3.05) is 0 Å². The Hall–Kier alpha value is -4.34. The van der Waals surface area contributed by atoms with Gasteiger partial charge in [0.2, 0.25) is 0 Å². The molecule has 0 spiro atoms. The summed E-state index contributed by atoms with van der Waals surface area (Å²) in [5.74, 6) is 0. The SMILES string of the molecule is Cc1cc(C)c(N=C(c2ccccc2)c2cccc(C(=Nc3c(C)cc(C)cc3Cl)c3ccccc3)n2)c(C)c1. The highest BCUT2D eigenvalue weighted by atomic mass is 35.5. The van der Waals surface area contributed by atoms with E-state index in [1.807, 2.05) is 74.5 Å². The third-order valence-electron chi connectivity index (χ3n) is 6.81. The van der Waals surface area contributed by atoms with Gasteiger partial charge in [-0.2, -0.15) is 0 Å². The summed E-state index contributed by atoms with van der Waals surface area (Å²) in [5.41, 5.74) is 12.4. The van der Waals surface area contributed by atoms with E-state index < -0.39 is 0 Å². The van der Waals surface area contributed by atoms with Gasteiger partial charge in [-0.05, 0) is 75.1 Å². The highest BCUT2D eigenvalue weighted by Gasteiger charge is 2.16. The van der Waals surface area contributed by atoms with Crippen molar-refractivity contribution in [2.24, 2.45) is 9.98 Å². The minimum atomic E-state index is 0.624. The zero-order chi connectivity index (χ0) is 28.2. The number of nitrogens with zero attached hydrogens (tertiary/aromatic N) is 3. The van der Waals surface area contributed by atoms with Crippen LogP contribution >= 0.6 is 11.6 Å². The van der Waals surface area contributed by atoms with Gasteiger partial charge >= 0.3 is 0 Å². The van der Waals surface area contributed by atoms with Gasteiger partial charge in [0.05, 0.1) is 39.2 Å². The van der Waals surface area contributed by atoms with Gasteiger partial charge in [-0.25, -0.2) is 15.0 Å². The number of hydrogen-bond acceptors (Lipinski definition) is 3. The van der Waals surface area contributed by atoms with Gasteiger partial charge in [0.15, 0.2) is 0 Å². The molecule has 3 nitrogen and oxygen atoms in total. The molecule has 0 saturated heterocycles. The van der Waals surface area contributed by atoms with E-state index in [4.69, 9.17) is 26.6 Å². The Bertz CT molecular complexity index is 1560. The third-order valence-corrected chi connectivity index (χ3v) is 7.10. The lowest BCUT2D eigenvalue weighted by atomic mass is 10.0. The quantitative estimate of drug-likeness (QED) is 0.197. The molecule has 1 aromatic heterocycles. The monoisotopic (exact) mass is 541 g/mol. The fourth-order valence-corrected chi connectivity index (χ4v) is 5.42. The van der Waals surface area contributed by atoms with Crippen molar-refractivity contribution in [2.45, 2.75) is 34.6 Å². The average molecular weight is 542 g/mol. The van der Waals surface area contributed by atoms with Crippen molar-refractivity contribution in [3.8, 4) is 0 Å². The van der Waals surface area contributed by atoms with Crippen LogP contribution < -0.4 is 0 Å². The molecule has 0 fully saturated rings. The summed E-state index contributed by atoms with van der Waals surface area (Å²) in [7, 11) is 0. The van der Waals surface area contributed by atoms with Crippen LogP contribution in [-0.4, -0.2) is 16.4 Å². The molecule has 5 aromatic rings. The normalized spacial score (nSPS) is 12.1. The lowest BCUT2D eigenvalue weighted by molar-refractivity contribution is 1.23. The van der Waals surface area contributed by atoms with Crippen LogP contribution in [0.15, 0.2) is 113 Å². The van der Waals surface area contributed by atoms with Gasteiger partial charge in [-0.3, -0.25) is 0 Å². The second-order valence-electron chi connectivity index (χ2n) is 10.2. The highest BCUT2D eigenvalue weighted by Crippen LogP contribution is 2.32. The number of benzene rings is 4. The third kappa shape index (κ3) is 5.95. The van der Waals surface area contributed by atoms with Crippen molar-refractivity contribution in [3.63, 3.8) is 0 Å². The van der Waals surface area contributed by atoms with Crippen LogP contribution in [0.1, 0.15) is 50.3 Å². The Morgan fingerprint density at radius 2 is 0.950 bits per heavy atom. The van der Waals surface area contributed by atoms with Crippen LogP contribution in [0, 0.1) is 34.6 Å². The molecule has 0 aliphatic rings. The summed E-state index contributed by atoms with van der Waals surface area (Å²) < 4.78 is 0. The van der Waals surface area contributed by atoms with Crippen LogP contribution in [0.4, 0.5) is 11.4 Å². The maximum atomic E-state index is 6.70. The molecule has 4 heteroatoms. The fraction of sp³-hybridized carbons (Fsp3) is 0.139. The Kier molecular flexibility index (Phi) is 8.04. The maximum Gasteiger partial charge on any atom is 0.0966 e. The first-order valence-electron chi connectivity index (χ1n) is 13.4. The van der Waals surface area contributed by atoms with E-state index in [9.17, 15) is 0 Å². The molecule has 198 valence electrons. The average Bonchev–Trinajstić information content (AvgIpc) is 2.93. The number of aryl methyl sites for hydroxylation is 5. The molecule has 0 aliphatic heterocycles. The zero-order valence-electron chi connectivity index (χ0n) is 23.5. The minimum Gasteiger partial charge on any atom is -0.246 e. The lowest BCUT2D eigenvalue weighted by Crippen LogP contribution is -2.12. The van der Waals surface area contributed by atoms with Gasteiger partial charge in [0, 0.05) is 11.1 Å². The molecule has 5 rings (SSSR count). The second kappa shape index (κ2) is 11.8. The molecule has 4 aromatic carbocycles. The molecule has 1 heterocycles. The first-order valence-corrected chi connectivity index (χ1v) is 13.8. The first kappa shape index (κ1) is 27.2. The van der Waals surface area contributed by atoms with Crippen molar-refractivity contribution in [1.82, 2.24) is 4.98 Å².